The molecule has 88 valence electrons. The Labute approximate surface area is 92.5 Å². The Bertz CT molecular complexity index is 222. The molecule has 3 heteroatoms. The molecular formula is C12H23NO2. The molecule has 3 nitrogen and oxygen atoms in total. The highest BCUT2D eigenvalue weighted by Gasteiger charge is 2.38. The molecule has 0 heterocycles. The molecule has 1 aliphatic carbocycles. The Balaban J connectivity index is 2.66. The van der Waals surface area contributed by atoms with Crippen LogP contribution in [0.15, 0.2) is 0 Å². The predicted molar refractivity (Wildman–Crippen MR) is 60.9 cm³/mol. The van der Waals surface area contributed by atoms with E-state index < -0.39 is 5.97 Å². The molecule has 1 rings (SSSR count). The molecule has 0 aromatic carbocycles. The lowest BCUT2D eigenvalue weighted by Gasteiger charge is -2.39. The van der Waals surface area contributed by atoms with Gasteiger partial charge in [-0.05, 0) is 32.4 Å². The molecule has 1 saturated carbocycles. The Morgan fingerprint density at radius 3 is 2.27 bits per heavy atom. The minimum absolute atomic E-state index is 0.142. The van der Waals surface area contributed by atoms with Crippen molar-refractivity contribution in [3.05, 3.63) is 0 Å². The summed E-state index contributed by atoms with van der Waals surface area (Å²) in [5.41, 5.74) is -0.142. The summed E-state index contributed by atoms with van der Waals surface area (Å²) in [6.07, 6.45) is 3.89. The van der Waals surface area contributed by atoms with Gasteiger partial charge < -0.3 is 5.11 Å². The van der Waals surface area contributed by atoms with E-state index in [1.165, 1.54) is 12.8 Å². The van der Waals surface area contributed by atoms with Crippen molar-refractivity contribution in [3.8, 4) is 0 Å². The number of nitrogens with zero attached hydrogens (tertiary/aromatic N) is 1. The van der Waals surface area contributed by atoms with Crippen LogP contribution in [0.5, 0.6) is 0 Å². The summed E-state index contributed by atoms with van der Waals surface area (Å²) >= 11 is 0. The number of carboxylic acids is 1. The monoisotopic (exact) mass is 213 g/mol. The number of carboxylic acid groups (broad SMARTS) is 1. The zero-order valence-electron chi connectivity index (χ0n) is 10.1. The molecule has 15 heavy (non-hydrogen) atoms. The fraction of sp³-hybridized carbons (Fsp3) is 0.917. The molecule has 0 bridgehead atoms. The fourth-order valence-corrected chi connectivity index (χ4v) is 2.57. The summed E-state index contributed by atoms with van der Waals surface area (Å²) in [4.78, 5) is 13.2. The van der Waals surface area contributed by atoms with E-state index in [0.717, 1.165) is 25.4 Å². The van der Waals surface area contributed by atoms with Gasteiger partial charge in [-0.25, -0.2) is 0 Å². The fourth-order valence-electron chi connectivity index (χ4n) is 2.57. The van der Waals surface area contributed by atoms with Crippen LogP contribution in [0.4, 0.5) is 0 Å². The Morgan fingerprint density at radius 1 is 1.40 bits per heavy atom. The molecule has 1 unspecified atom stereocenters. The normalized spacial score (nSPS) is 20.3. The van der Waals surface area contributed by atoms with E-state index in [0.29, 0.717) is 0 Å². The standard InChI is InChI=1S/C12H23NO2/c1-4-13(5-2)12(3,9-11(14)15)8-10-6-7-10/h10H,4-9H2,1-3H3,(H,14,15). The van der Waals surface area contributed by atoms with Crippen LogP contribution in [0.25, 0.3) is 0 Å². The third kappa shape index (κ3) is 3.49. The third-order valence-electron chi connectivity index (χ3n) is 3.48. The second-order valence-corrected chi connectivity index (χ2v) is 4.89. The van der Waals surface area contributed by atoms with Gasteiger partial charge in [0.25, 0.3) is 0 Å². The first-order valence-corrected chi connectivity index (χ1v) is 5.98. The van der Waals surface area contributed by atoms with E-state index in [1.807, 2.05) is 0 Å². The van der Waals surface area contributed by atoms with E-state index in [4.69, 9.17) is 5.11 Å². The first kappa shape index (κ1) is 12.5. The van der Waals surface area contributed by atoms with Crippen LogP contribution in [0, 0.1) is 5.92 Å². The van der Waals surface area contributed by atoms with Gasteiger partial charge in [-0.3, -0.25) is 9.69 Å². The van der Waals surface area contributed by atoms with Crippen LogP contribution in [0.1, 0.15) is 46.5 Å². The van der Waals surface area contributed by atoms with Crippen LogP contribution < -0.4 is 0 Å². The second kappa shape index (κ2) is 4.97. The third-order valence-corrected chi connectivity index (χ3v) is 3.48. The van der Waals surface area contributed by atoms with E-state index in [2.05, 4.69) is 25.7 Å². The number of hydrogen-bond acceptors (Lipinski definition) is 2. The van der Waals surface area contributed by atoms with Gasteiger partial charge in [-0.1, -0.05) is 26.7 Å². The number of carbonyl (C=O) groups is 1. The molecule has 0 saturated heterocycles. The average molecular weight is 213 g/mol. The molecule has 0 aromatic rings. The highest BCUT2D eigenvalue weighted by molar-refractivity contribution is 5.68. The van der Waals surface area contributed by atoms with Crippen LogP contribution in [0.2, 0.25) is 0 Å². The number of rotatable bonds is 7. The Kier molecular flexibility index (Phi) is 4.14. The molecule has 1 aliphatic rings. The SMILES string of the molecule is CCN(CC)C(C)(CC(=O)O)CC1CC1. The van der Waals surface area contributed by atoms with E-state index in [-0.39, 0.29) is 12.0 Å². The van der Waals surface area contributed by atoms with E-state index in [1.54, 1.807) is 0 Å². The molecular weight excluding hydrogens is 190 g/mol. The van der Waals surface area contributed by atoms with Gasteiger partial charge in [-0.15, -0.1) is 0 Å². The summed E-state index contributed by atoms with van der Waals surface area (Å²) in [5.74, 6) is 0.0972. The average Bonchev–Trinajstić information content (AvgIpc) is 2.88. The molecule has 1 fully saturated rings. The van der Waals surface area contributed by atoms with E-state index >= 15 is 0 Å². The lowest BCUT2D eigenvalue weighted by Crippen LogP contribution is -2.48. The number of aliphatic carboxylic acids is 1. The smallest absolute Gasteiger partial charge is 0.305 e. The molecule has 1 N–H and O–H groups in total. The first-order chi connectivity index (χ1) is 7.01. The maximum atomic E-state index is 10.9. The number of hydrogen-bond donors (Lipinski definition) is 1. The van der Waals surface area contributed by atoms with Crippen LogP contribution >= 0.6 is 0 Å². The van der Waals surface area contributed by atoms with Gasteiger partial charge in [0.15, 0.2) is 0 Å². The summed E-state index contributed by atoms with van der Waals surface area (Å²) < 4.78 is 0. The van der Waals surface area contributed by atoms with Crippen molar-refractivity contribution < 1.29 is 9.90 Å². The van der Waals surface area contributed by atoms with Gasteiger partial charge in [0.1, 0.15) is 0 Å². The van der Waals surface area contributed by atoms with Crippen molar-refractivity contribution in [2.45, 2.75) is 52.0 Å². The highest BCUT2D eigenvalue weighted by atomic mass is 16.4. The lowest BCUT2D eigenvalue weighted by molar-refractivity contribution is -0.140. The minimum atomic E-state index is -0.676. The van der Waals surface area contributed by atoms with Crippen molar-refractivity contribution in [2.75, 3.05) is 13.1 Å². The van der Waals surface area contributed by atoms with Crippen LogP contribution in [-0.2, 0) is 4.79 Å². The second-order valence-electron chi connectivity index (χ2n) is 4.89. The first-order valence-electron chi connectivity index (χ1n) is 5.98. The minimum Gasteiger partial charge on any atom is -0.481 e. The van der Waals surface area contributed by atoms with Gasteiger partial charge in [-0.2, -0.15) is 0 Å². The van der Waals surface area contributed by atoms with Crippen LogP contribution in [-0.4, -0.2) is 34.6 Å². The quantitative estimate of drug-likeness (QED) is 0.705. The predicted octanol–water partition coefficient (Wildman–Crippen LogP) is 2.36. The van der Waals surface area contributed by atoms with Crippen LogP contribution in [0.3, 0.4) is 0 Å². The summed E-state index contributed by atoms with van der Waals surface area (Å²) in [6.45, 7) is 8.19. The Hall–Kier alpha value is -0.570. The maximum Gasteiger partial charge on any atom is 0.305 e. The largest absolute Gasteiger partial charge is 0.481 e. The molecule has 0 amide bonds. The molecule has 0 aliphatic heterocycles. The van der Waals surface area contributed by atoms with Gasteiger partial charge in [0, 0.05) is 5.54 Å². The summed E-state index contributed by atoms with van der Waals surface area (Å²) in [7, 11) is 0. The van der Waals surface area contributed by atoms with Gasteiger partial charge in [0.2, 0.25) is 0 Å². The maximum absolute atomic E-state index is 10.9. The highest BCUT2D eigenvalue weighted by Crippen LogP contribution is 2.40. The molecule has 0 spiro atoms. The van der Waals surface area contributed by atoms with Crippen molar-refractivity contribution in [1.29, 1.82) is 0 Å². The zero-order chi connectivity index (χ0) is 11.5. The van der Waals surface area contributed by atoms with Crippen molar-refractivity contribution in [2.24, 2.45) is 5.92 Å². The van der Waals surface area contributed by atoms with Crippen molar-refractivity contribution in [3.63, 3.8) is 0 Å². The van der Waals surface area contributed by atoms with E-state index in [9.17, 15) is 4.79 Å². The molecule has 1 atom stereocenters. The lowest BCUT2D eigenvalue weighted by atomic mass is 9.89. The summed E-state index contributed by atoms with van der Waals surface area (Å²) in [6, 6.07) is 0. The molecule has 0 radical (unpaired) electrons. The zero-order valence-corrected chi connectivity index (χ0v) is 10.1. The van der Waals surface area contributed by atoms with Crippen molar-refractivity contribution in [1.82, 2.24) is 4.90 Å². The van der Waals surface area contributed by atoms with Gasteiger partial charge >= 0.3 is 5.97 Å². The topological polar surface area (TPSA) is 40.5 Å². The molecule has 0 aromatic heterocycles. The Morgan fingerprint density at radius 2 is 1.93 bits per heavy atom. The summed E-state index contributed by atoms with van der Waals surface area (Å²) in [5, 5.41) is 9.00. The van der Waals surface area contributed by atoms with Gasteiger partial charge in [0.05, 0.1) is 6.42 Å². The van der Waals surface area contributed by atoms with Crippen molar-refractivity contribution >= 4 is 5.97 Å².